The van der Waals surface area contributed by atoms with Gasteiger partial charge < -0.3 is 15.0 Å². The SMILES string of the molecule is CCCC(OCC)c1noc(-c2cccc(CN)c2)n1. The lowest BCUT2D eigenvalue weighted by molar-refractivity contribution is 0.0478. The van der Waals surface area contributed by atoms with E-state index in [-0.39, 0.29) is 6.10 Å². The predicted octanol–water partition coefficient (Wildman–Crippen LogP) is 3.07. The number of ether oxygens (including phenoxy) is 1. The zero-order valence-corrected chi connectivity index (χ0v) is 12.0. The van der Waals surface area contributed by atoms with E-state index >= 15 is 0 Å². The summed E-state index contributed by atoms with van der Waals surface area (Å²) in [7, 11) is 0. The molecule has 0 bridgehead atoms. The number of hydrogen-bond acceptors (Lipinski definition) is 5. The molecule has 0 saturated heterocycles. The maximum absolute atomic E-state index is 5.66. The third-order valence-electron chi connectivity index (χ3n) is 3.06. The molecule has 0 saturated carbocycles. The number of nitrogens with two attached hydrogens (primary N) is 1. The van der Waals surface area contributed by atoms with E-state index in [0.717, 1.165) is 24.0 Å². The molecular weight excluding hydrogens is 254 g/mol. The van der Waals surface area contributed by atoms with Crippen molar-refractivity contribution in [3.63, 3.8) is 0 Å². The molecule has 2 rings (SSSR count). The number of aromatic nitrogens is 2. The molecule has 108 valence electrons. The lowest BCUT2D eigenvalue weighted by atomic mass is 10.1. The Balaban J connectivity index is 2.22. The summed E-state index contributed by atoms with van der Waals surface area (Å²) in [5, 5.41) is 4.04. The summed E-state index contributed by atoms with van der Waals surface area (Å²) in [5.41, 5.74) is 7.57. The molecule has 0 spiro atoms. The zero-order valence-electron chi connectivity index (χ0n) is 12.0. The molecule has 20 heavy (non-hydrogen) atoms. The van der Waals surface area contributed by atoms with E-state index < -0.39 is 0 Å². The quantitative estimate of drug-likeness (QED) is 0.840. The van der Waals surface area contributed by atoms with Crippen LogP contribution in [0.25, 0.3) is 11.5 Å². The molecule has 1 unspecified atom stereocenters. The molecule has 2 N–H and O–H groups in total. The Morgan fingerprint density at radius 2 is 2.20 bits per heavy atom. The van der Waals surface area contributed by atoms with Crippen molar-refractivity contribution in [3.05, 3.63) is 35.7 Å². The van der Waals surface area contributed by atoms with Crippen molar-refractivity contribution in [1.82, 2.24) is 10.1 Å². The third kappa shape index (κ3) is 3.43. The zero-order chi connectivity index (χ0) is 14.4. The van der Waals surface area contributed by atoms with Gasteiger partial charge in [0.2, 0.25) is 5.82 Å². The van der Waals surface area contributed by atoms with Gasteiger partial charge in [-0.25, -0.2) is 0 Å². The molecule has 1 heterocycles. The Kier molecular flexibility index (Phi) is 5.26. The van der Waals surface area contributed by atoms with Crippen LogP contribution in [0.15, 0.2) is 28.8 Å². The summed E-state index contributed by atoms with van der Waals surface area (Å²) >= 11 is 0. The fourth-order valence-corrected chi connectivity index (χ4v) is 2.06. The van der Waals surface area contributed by atoms with Gasteiger partial charge in [0, 0.05) is 18.7 Å². The van der Waals surface area contributed by atoms with E-state index in [2.05, 4.69) is 17.1 Å². The Bertz CT molecular complexity index is 533. The number of benzene rings is 1. The fraction of sp³-hybridized carbons (Fsp3) is 0.467. The van der Waals surface area contributed by atoms with E-state index in [1.165, 1.54) is 0 Å². The minimum Gasteiger partial charge on any atom is -0.370 e. The maximum Gasteiger partial charge on any atom is 0.258 e. The first-order chi connectivity index (χ1) is 9.78. The van der Waals surface area contributed by atoms with Crippen LogP contribution in [0.2, 0.25) is 0 Å². The summed E-state index contributed by atoms with van der Waals surface area (Å²) in [5.74, 6) is 1.12. The molecule has 0 aliphatic carbocycles. The molecule has 0 amide bonds. The molecule has 1 aromatic carbocycles. The van der Waals surface area contributed by atoms with Gasteiger partial charge in [0.25, 0.3) is 5.89 Å². The third-order valence-corrected chi connectivity index (χ3v) is 3.06. The molecule has 5 heteroatoms. The average Bonchev–Trinajstić information content (AvgIpc) is 2.97. The van der Waals surface area contributed by atoms with Crippen LogP contribution >= 0.6 is 0 Å². The van der Waals surface area contributed by atoms with Crippen molar-refractivity contribution in [2.75, 3.05) is 6.61 Å². The molecule has 1 atom stereocenters. The Morgan fingerprint density at radius 1 is 1.35 bits per heavy atom. The van der Waals surface area contributed by atoms with Crippen LogP contribution in [-0.4, -0.2) is 16.7 Å². The van der Waals surface area contributed by atoms with E-state index in [1.807, 2.05) is 31.2 Å². The first-order valence-electron chi connectivity index (χ1n) is 7.03. The van der Waals surface area contributed by atoms with Crippen LogP contribution in [0.5, 0.6) is 0 Å². The number of rotatable bonds is 7. The summed E-state index contributed by atoms with van der Waals surface area (Å²) in [6.45, 7) is 5.20. The van der Waals surface area contributed by atoms with Gasteiger partial charge in [-0.1, -0.05) is 30.6 Å². The van der Waals surface area contributed by atoms with Gasteiger partial charge >= 0.3 is 0 Å². The van der Waals surface area contributed by atoms with Gasteiger partial charge in [-0.3, -0.25) is 0 Å². The van der Waals surface area contributed by atoms with Crippen LogP contribution in [0, 0.1) is 0 Å². The van der Waals surface area contributed by atoms with Crippen molar-refractivity contribution in [3.8, 4) is 11.5 Å². The second-order valence-corrected chi connectivity index (χ2v) is 4.59. The van der Waals surface area contributed by atoms with Crippen molar-refractivity contribution in [2.24, 2.45) is 5.73 Å². The highest BCUT2D eigenvalue weighted by atomic mass is 16.5. The lowest BCUT2D eigenvalue weighted by Crippen LogP contribution is -2.05. The molecule has 0 fully saturated rings. The summed E-state index contributed by atoms with van der Waals surface area (Å²) in [4.78, 5) is 4.45. The average molecular weight is 275 g/mol. The lowest BCUT2D eigenvalue weighted by Gasteiger charge is -2.11. The standard InChI is InChI=1S/C15H21N3O2/c1-3-6-13(19-4-2)14-17-15(20-18-14)12-8-5-7-11(9-12)10-16/h5,7-9,13H,3-4,6,10,16H2,1-2H3. The highest BCUT2D eigenvalue weighted by molar-refractivity contribution is 5.54. The largest absolute Gasteiger partial charge is 0.370 e. The first-order valence-corrected chi connectivity index (χ1v) is 7.03. The van der Waals surface area contributed by atoms with Gasteiger partial charge in [0.1, 0.15) is 6.10 Å². The molecular formula is C15H21N3O2. The smallest absolute Gasteiger partial charge is 0.258 e. The van der Waals surface area contributed by atoms with Gasteiger partial charge in [-0.05, 0) is 31.0 Å². The van der Waals surface area contributed by atoms with Gasteiger partial charge in [0.15, 0.2) is 0 Å². The van der Waals surface area contributed by atoms with E-state index in [1.54, 1.807) is 0 Å². The van der Waals surface area contributed by atoms with Gasteiger partial charge in [-0.15, -0.1) is 0 Å². The number of nitrogens with zero attached hydrogens (tertiary/aromatic N) is 2. The van der Waals surface area contributed by atoms with Crippen molar-refractivity contribution in [1.29, 1.82) is 0 Å². The van der Waals surface area contributed by atoms with E-state index in [9.17, 15) is 0 Å². The molecule has 5 nitrogen and oxygen atoms in total. The molecule has 0 radical (unpaired) electrons. The highest BCUT2D eigenvalue weighted by Gasteiger charge is 2.18. The topological polar surface area (TPSA) is 74.2 Å². The molecule has 2 aromatic rings. The Morgan fingerprint density at radius 3 is 2.90 bits per heavy atom. The summed E-state index contributed by atoms with van der Waals surface area (Å²) < 4.78 is 11.0. The van der Waals surface area contributed by atoms with Gasteiger partial charge in [-0.2, -0.15) is 4.98 Å². The Labute approximate surface area is 119 Å². The summed E-state index contributed by atoms with van der Waals surface area (Å²) in [6.07, 6.45) is 1.80. The fourth-order valence-electron chi connectivity index (χ4n) is 2.06. The Hall–Kier alpha value is -1.72. The molecule has 0 aliphatic rings. The number of hydrogen-bond donors (Lipinski definition) is 1. The highest BCUT2D eigenvalue weighted by Crippen LogP contribution is 2.24. The van der Waals surface area contributed by atoms with Crippen LogP contribution in [-0.2, 0) is 11.3 Å². The minimum absolute atomic E-state index is 0.0970. The van der Waals surface area contributed by atoms with E-state index in [4.69, 9.17) is 15.0 Å². The first kappa shape index (κ1) is 14.7. The predicted molar refractivity (Wildman–Crippen MR) is 76.9 cm³/mol. The maximum atomic E-state index is 5.66. The van der Waals surface area contributed by atoms with E-state index in [0.29, 0.717) is 24.9 Å². The van der Waals surface area contributed by atoms with Crippen LogP contribution in [0.1, 0.15) is 44.2 Å². The van der Waals surface area contributed by atoms with Crippen molar-refractivity contribution in [2.45, 2.75) is 39.3 Å². The minimum atomic E-state index is -0.0970. The summed E-state index contributed by atoms with van der Waals surface area (Å²) in [6, 6.07) is 7.81. The van der Waals surface area contributed by atoms with Gasteiger partial charge in [0.05, 0.1) is 0 Å². The second-order valence-electron chi connectivity index (χ2n) is 4.59. The normalized spacial score (nSPS) is 12.6. The second kappa shape index (κ2) is 7.17. The van der Waals surface area contributed by atoms with Crippen molar-refractivity contribution >= 4 is 0 Å². The molecule has 1 aromatic heterocycles. The van der Waals surface area contributed by atoms with Crippen LogP contribution in [0.4, 0.5) is 0 Å². The monoisotopic (exact) mass is 275 g/mol. The van der Waals surface area contributed by atoms with Crippen LogP contribution < -0.4 is 5.73 Å². The van der Waals surface area contributed by atoms with Crippen molar-refractivity contribution < 1.29 is 9.26 Å². The molecule has 0 aliphatic heterocycles. The van der Waals surface area contributed by atoms with Crippen LogP contribution in [0.3, 0.4) is 0 Å².